The van der Waals surface area contributed by atoms with E-state index in [0.717, 1.165) is 18.5 Å². The molecule has 0 spiro atoms. The largest absolute Gasteiger partial charge is 0.257 e. The molecule has 0 radical (unpaired) electrons. The highest BCUT2D eigenvalue weighted by Crippen LogP contribution is 2.25. The minimum atomic E-state index is 1.03. The Morgan fingerprint density at radius 1 is 1.06 bits per heavy atom. The molecule has 0 aliphatic heterocycles. The maximum Gasteiger partial charge on any atom is 0.0454 e. The van der Waals surface area contributed by atoms with Gasteiger partial charge < -0.3 is 0 Å². The quantitative estimate of drug-likeness (QED) is 0.749. The lowest BCUT2D eigenvalue weighted by atomic mass is 9.98. The zero-order chi connectivity index (χ0) is 11.5. The molecule has 0 aliphatic carbocycles. The normalized spacial score (nSPS) is 10.9. The van der Waals surface area contributed by atoms with Gasteiger partial charge in [0.25, 0.3) is 0 Å². The molecule has 0 fully saturated rings. The third kappa shape index (κ3) is 1.82. The zero-order valence-electron chi connectivity index (χ0n) is 10.4. The van der Waals surface area contributed by atoms with Gasteiger partial charge in [0.2, 0.25) is 0 Å². The van der Waals surface area contributed by atoms with Crippen molar-refractivity contribution in [2.24, 2.45) is 0 Å². The van der Waals surface area contributed by atoms with Crippen molar-refractivity contribution in [3.05, 3.63) is 41.2 Å². The van der Waals surface area contributed by atoms with Gasteiger partial charge in [-0.05, 0) is 30.7 Å². The molecule has 0 aliphatic rings. The lowest BCUT2D eigenvalue weighted by Crippen LogP contribution is -2.00. The third-order valence-electron chi connectivity index (χ3n) is 3.13. The number of aryl methyl sites for hydroxylation is 3. The highest BCUT2D eigenvalue weighted by molar-refractivity contribution is 5.88. The number of aromatic nitrogens is 1. The van der Waals surface area contributed by atoms with Gasteiger partial charge in [-0.3, -0.25) is 4.98 Å². The minimum absolute atomic E-state index is 1.03. The highest BCUT2D eigenvalue weighted by atomic mass is 14.7. The molecule has 16 heavy (non-hydrogen) atoms. The number of hydrogen-bond donors (Lipinski definition) is 0. The Kier molecular flexibility index (Phi) is 3.23. The van der Waals surface area contributed by atoms with Gasteiger partial charge in [0.05, 0.1) is 0 Å². The Balaban J connectivity index is 2.76. The molecule has 2 aromatic rings. The molecule has 1 aromatic heterocycles. The monoisotopic (exact) mass is 213 g/mol. The van der Waals surface area contributed by atoms with E-state index in [4.69, 9.17) is 4.98 Å². The van der Waals surface area contributed by atoms with Gasteiger partial charge in [-0.25, -0.2) is 0 Å². The smallest absolute Gasteiger partial charge is 0.0454 e. The van der Waals surface area contributed by atoms with Crippen LogP contribution in [0.3, 0.4) is 0 Å². The molecule has 0 bridgehead atoms. The van der Waals surface area contributed by atoms with E-state index in [1.54, 1.807) is 0 Å². The second-order valence-corrected chi connectivity index (χ2v) is 4.27. The summed E-state index contributed by atoms with van der Waals surface area (Å²) >= 11 is 0. The second kappa shape index (κ2) is 4.65. The maximum atomic E-state index is 4.74. The van der Waals surface area contributed by atoms with E-state index < -0.39 is 0 Å². The molecular formula is C15H19N. The Morgan fingerprint density at radius 3 is 2.38 bits per heavy atom. The van der Waals surface area contributed by atoms with E-state index in [9.17, 15) is 0 Å². The predicted molar refractivity (Wildman–Crippen MR) is 69.9 cm³/mol. The van der Waals surface area contributed by atoms with Gasteiger partial charge in [0, 0.05) is 16.8 Å². The zero-order valence-corrected chi connectivity index (χ0v) is 10.4. The van der Waals surface area contributed by atoms with Crippen LogP contribution >= 0.6 is 0 Å². The van der Waals surface area contributed by atoms with Gasteiger partial charge in [-0.1, -0.05) is 44.5 Å². The van der Waals surface area contributed by atoms with E-state index in [0.29, 0.717) is 0 Å². The highest BCUT2D eigenvalue weighted by Gasteiger charge is 2.09. The number of rotatable bonds is 3. The first-order valence-electron chi connectivity index (χ1n) is 6.15. The number of hydrogen-bond acceptors (Lipinski definition) is 1. The molecule has 0 atom stereocenters. The number of nitrogens with zero attached hydrogens (tertiary/aromatic N) is 1. The van der Waals surface area contributed by atoms with Crippen molar-refractivity contribution in [2.75, 3.05) is 0 Å². The molecule has 0 amide bonds. The van der Waals surface area contributed by atoms with Gasteiger partial charge in [0.15, 0.2) is 0 Å². The summed E-state index contributed by atoms with van der Waals surface area (Å²) in [5.41, 5.74) is 3.89. The van der Waals surface area contributed by atoms with Crippen molar-refractivity contribution in [1.82, 2.24) is 4.98 Å². The summed E-state index contributed by atoms with van der Waals surface area (Å²) in [4.78, 5) is 4.74. The molecule has 0 saturated heterocycles. The van der Waals surface area contributed by atoms with Gasteiger partial charge >= 0.3 is 0 Å². The summed E-state index contributed by atoms with van der Waals surface area (Å²) in [6.45, 7) is 6.53. The van der Waals surface area contributed by atoms with Gasteiger partial charge in [0.1, 0.15) is 0 Å². The number of pyridine rings is 1. The van der Waals surface area contributed by atoms with Crippen LogP contribution in [-0.4, -0.2) is 4.98 Å². The summed E-state index contributed by atoms with van der Waals surface area (Å²) in [6, 6.07) is 8.63. The van der Waals surface area contributed by atoms with Crippen LogP contribution in [0.15, 0.2) is 24.3 Å². The maximum absolute atomic E-state index is 4.74. The predicted octanol–water partition coefficient (Wildman–Crippen LogP) is 4.06. The fourth-order valence-corrected chi connectivity index (χ4v) is 2.37. The van der Waals surface area contributed by atoms with Crippen LogP contribution in [0.1, 0.15) is 37.2 Å². The van der Waals surface area contributed by atoms with Crippen LogP contribution < -0.4 is 0 Å². The topological polar surface area (TPSA) is 12.9 Å². The SMILES string of the molecule is CCCc1c(CC)nc(C)c2ccccc12. The summed E-state index contributed by atoms with van der Waals surface area (Å²) in [7, 11) is 0. The van der Waals surface area contributed by atoms with E-state index in [1.165, 1.54) is 28.5 Å². The molecule has 1 heterocycles. The lowest BCUT2D eigenvalue weighted by molar-refractivity contribution is 0.881. The Morgan fingerprint density at radius 2 is 1.75 bits per heavy atom. The Labute approximate surface area is 97.5 Å². The van der Waals surface area contributed by atoms with Crippen molar-refractivity contribution >= 4 is 10.8 Å². The molecular weight excluding hydrogens is 194 g/mol. The number of fused-ring (bicyclic) bond motifs is 1. The number of benzene rings is 1. The Hall–Kier alpha value is -1.37. The van der Waals surface area contributed by atoms with Crippen molar-refractivity contribution in [3.63, 3.8) is 0 Å². The first kappa shape index (κ1) is 11.1. The molecule has 0 unspecified atom stereocenters. The first-order valence-corrected chi connectivity index (χ1v) is 6.15. The van der Waals surface area contributed by atoms with Crippen LogP contribution in [0.5, 0.6) is 0 Å². The van der Waals surface area contributed by atoms with E-state index >= 15 is 0 Å². The fraction of sp³-hybridized carbons (Fsp3) is 0.400. The van der Waals surface area contributed by atoms with Crippen molar-refractivity contribution < 1.29 is 0 Å². The molecule has 1 aromatic carbocycles. The van der Waals surface area contributed by atoms with Crippen LogP contribution in [-0.2, 0) is 12.8 Å². The van der Waals surface area contributed by atoms with Crippen LogP contribution in [0.2, 0.25) is 0 Å². The average molecular weight is 213 g/mol. The molecule has 84 valence electrons. The molecule has 0 saturated carbocycles. The molecule has 1 heteroatoms. The van der Waals surface area contributed by atoms with Crippen molar-refractivity contribution in [1.29, 1.82) is 0 Å². The van der Waals surface area contributed by atoms with Crippen LogP contribution in [0.25, 0.3) is 10.8 Å². The first-order chi connectivity index (χ1) is 7.77. The summed E-state index contributed by atoms with van der Waals surface area (Å²) in [5, 5.41) is 2.71. The standard InChI is InChI=1S/C15H19N/c1-4-8-14-13-10-7-6-9-12(13)11(3)16-15(14)5-2/h6-7,9-10H,4-5,8H2,1-3H3. The Bertz CT molecular complexity index is 500. The lowest BCUT2D eigenvalue weighted by Gasteiger charge is -2.12. The van der Waals surface area contributed by atoms with Crippen molar-refractivity contribution in [3.8, 4) is 0 Å². The van der Waals surface area contributed by atoms with Crippen LogP contribution in [0, 0.1) is 6.92 Å². The summed E-state index contributed by atoms with van der Waals surface area (Å²) in [6.07, 6.45) is 3.35. The third-order valence-corrected chi connectivity index (χ3v) is 3.13. The fourth-order valence-electron chi connectivity index (χ4n) is 2.37. The molecule has 0 N–H and O–H groups in total. The van der Waals surface area contributed by atoms with Gasteiger partial charge in [-0.2, -0.15) is 0 Å². The minimum Gasteiger partial charge on any atom is -0.257 e. The summed E-state index contributed by atoms with van der Waals surface area (Å²) in [5.74, 6) is 0. The summed E-state index contributed by atoms with van der Waals surface area (Å²) < 4.78 is 0. The van der Waals surface area contributed by atoms with E-state index in [1.807, 2.05) is 0 Å². The van der Waals surface area contributed by atoms with E-state index in [-0.39, 0.29) is 0 Å². The van der Waals surface area contributed by atoms with Crippen molar-refractivity contribution in [2.45, 2.75) is 40.0 Å². The molecule has 1 nitrogen and oxygen atoms in total. The van der Waals surface area contributed by atoms with Crippen LogP contribution in [0.4, 0.5) is 0 Å². The second-order valence-electron chi connectivity index (χ2n) is 4.27. The molecule has 2 rings (SSSR count). The van der Waals surface area contributed by atoms with Gasteiger partial charge in [-0.15, -0.1) is 0 Å². The van der Waals surface area contributed by atoms with E-state index in [2.05, 4.69) is 45.0 Å². The average Bonchev–Trinajstić information content (AvgIpc) is 2.33.